The summed E-state index contributed by atoms with van der Waals surface area (Å²) in [6, 6.07) is 4.72. The zero-order valence-corrected chi connectivity index (χ0v) is 10.6. The van der Waals surface area contributed by atoms with Gasteiger partial charge in [0, 0.05) is 17.7 Å². The monoisotopic (exact) mass is 275 g/mol. The highest BCUT2D eigenvalue weighted by Crippen LogP contribution is 2.31. The van der Waals surface area contributed by atoms with Crippen LogP contribution in [0.5, 0.6) is 0 Å². The number of hydrogen-bond acceptors (Lipinski definition) is 5. The zero-order valence-electron chi connectivity index (χ0n) is 10.6. The standard InChI is InChI=1S/C13H13N3O4/c14-9-11(17)16-10(13(18)19)8(7-20-12(9)16)6-15-4-2-1-3-5-15/h1-5,9,12H,6-7,14H2. The molecule has 2 aliphatic rings. The molecule has 0 bridgehead atoms. The van der Waals surface area contributed by atoms with Gasteiger partial charge in [0.2, 0.25) is 0 Å². The number of rotatable bonds is 3. The maximum absolute atomic E-state index is 11.7. The number of nitrogens with zero attached hydrogens (tertiary/aromatic N) is 2. The molecule has 0 radical (unpaired) electrons. The minimum absolute atomic E-state index is 0.118. The Kier molecular flexibility index (Phi) is 3.00. The molecule has 1 saturated heterocycles. The van der Waals surface area contributed by atoms with Crippen LogP contribution in [0.1, 0.15) is 0 Å². The van der Waals surface area contributed by atoms with Gasteiger partial charge in [0.15, 0.2) is 25.2 Å². The predicted octanol–water partition coefficient (Wildman–Crippen LogP) is -2.50. The fourth-order valence-electron chi connectivity index (χ4n) is 2.45. The summed E-state index contributed by atoms with van der Waals surface area (Å²) in [6.07, 6.45) is 2.91. The van der Waals surface area contributed by atoms with Crippen LogP contribution in [-0.4, -0.2) is 35.7 Å². The van der Waals surface area contributed by atoms with Gasteiger partial charge < -0.3 is 20.4 Å². The van der Waals surface area contributed by atoms with E-state index in [1.165, 1.54) is 0 Å². The Morgan fingerprint density at radius 1 is 1.45 bits per heavy atom. The van der Waals surface area contributed by atoms with Crippen molar-refractivity contribution in [3.8, 4) is 0 Å². The van der Waals surface area contributed by atoms with Crippen molar-refractivity contribution in [1.29, 1.82) is 0 Å². The fourth-order valence-corrected chi connectivity index (χ4v) is 2.45. The number of pyridine rings is 1. The lowest BCUT2D eigenvalue weighted by Gasteiger charge is -2.48. The Bertz CT molecular complexity index is 599. The second-order valence-electron chi connectivity index (χ2n) is 4.72. The van der Waals surface area contributed by atoms with Gasteiger partial charge in [-0.25, -0.2) is 4.57 Å². The number of fused-ring (bicyclic) bond motifs is 1. The molecule has 3 rings (SSSR count). The SMILES string of the molecule is NC1C(=O)N2C(C(=O)[O-])=C(C[n+]3ccccc3)COC12. The predicted molar refractivity (Wildman–Crippen MR) is 63.2 cm³/mol. The Labute approximate surface area is 114 Å². The number of aliphatic carboxylic acids is 1. The molecule has 2 N–H and O–H groups in total. The minimum atomic E-state index is -1.38. The molecule has 0 aromatic carbocycles. The highest BCUT2D eigenvalue weighted by atomic mass is 16.5. The number of nitrogens with two attached hydrogens (primary N) is 1. The summed E-state index contributed by atoms with van der Waals surface area (Å²) in [5.41, 5.74) is 5.94. The molecule has 0 spiro atoms. The van der Waals surface area contributed by atoms with Crippen molar-refractivity contribution in [2.75, 3.05) is 6.61 Å². The highest BCUT2D eigenvalue weighted by Gasteiger charge is 2.51. The molecule has 0 aliphatic carbocycles. The molecule has 1 aromatic rings. The van der Waals surface area contributed by atoms with Crippen molar-refractivity contribution in [2.24, 2.45) is 5.73 Å². The molecule has 2 aliphatic heterocycles. The Balaban J connectivity index is 1.94. The van der Waals surface area contributed by atoms with Crippen molar-refractivity contribution >= 4 is 11.9 Å². The van der Waals surface area contributed by atoms with Crippen molar-refractivity contribution < 1.29 is 24.0 Å². The van der Waals surface area contributed by atoms with E-state index in [1.54, 1.807) is 17.0 Å². The lowest BCUT2D eigenvalue weighted by molar-refractivity contribution is -0.689. The smallest absolute Gasteiger partial charge is 0.250 e. The van der Waals surface area contributed by atoms with Gasteiger partial charge >= 0.3 is 0 Å². The van der Waals surface area contributed by atoms with E-state index in [4.69, 9.17) is 10.5 Å². The number of carboxylic acid groups (broad SMARTS) is 1. The Hall–Kier alpha value is -2.25. The van der Waals surface area contributed by atoms with E-state index in [1.807, 2.05) is 18.2 Å². The lowest BCUT2D eigenvalue weighted by atomic mass is 9.99. The van der Waals surface area contributed by atoms with Crippen molar-refractivity contribution in [3.63, 3.8) is 0 Å². The molecular formula is C13H13N3O4. The summed E-state index contributed by atoms with van der Waals surface area (Å²) in [5, 5.41) is 11.3. The van der Waals surface area contributed by atoms with Gasteiger partial charge in [-0.1, -0.05) is 6.07 Å². The quantitative estimate of drug-likeness (QED) is 0.486. The van der Waals surface area contributed by atoms with Crippen molar-refractivity contribution in [3.05, 3.63) is 41.9 Å². The maximum atomic E-state index is 11.7. The average Bonchev–Trinajstić information content (AvgIpc) is 2.46. The number of carbonyl (C=O) groups excluding carboxylic acids is 2. The molecule has 20 heavy (non-hydrogen) atoms. The van der Waals surface area contributed by atoms with Crippen molar-refractivity contribution in [2.45, 2.75) is 18.8 Å². The molecule has 1 aromatic heterocycles. The van der Waals surface area contributed by atoms with Gasteiger partial charge in [0.05, 0.1) is 18.3 Å². The van der Waals surface area contributed by atoms with Crippen LogP contribution in [0.15, 0.2) is 41.9 Å². The van der Waals surface area contributed by atoms with Crippen LogP contribution < -0.4 is 15.4 Å². The van der Waals surface area contributed by atoms with Crippen LogP contribution >= 0.6 is 0 Å². The number of hydrogen-bond donors (Lipinski definition) is 1. The fraction of sp³-hybridized carbons (Fsp3) is 0.308. The van der Waals surface area contributed by atoms with E-state index in [9.17, 15) is 14.7 Å². The highest BCUT2D eigenvalue weighted by molar-refractivity contribution is 5.98. The third-order valence-electron chi connectivity index (χ3n) is 3.43. The Morgan fingerprint density at radius 3 is 2.80 bits per heavy atom. The molecular weight excluding hydrogens is 262 g/mol. The molecule has 1 fully saturated rings. The van der Waals surface area contributed by atoms with Gasteiger partial charge in [-0.15, -0.1) is 0 Å². The van der Waals surface area contributed by atoms with Crippen LogP contribution in [0.3, 0.4) is 0 Å². The Morgan fingerprint density at radius 2 is 2.15 bits per heavy atom. The first-order valence-corrected chi connectivity index (χ1v) is 6.17. The van der Waals surface area contributed by atoms with Crippen molar-refractivity contribution in [1.82, 2.24) is 4.90 Å². The van der Waals surface area contributed by atoms with Gasteiger partial charge in [-0.3, -0.25) is 9.69 Å². The number of ether oxygens (including phenoxy) is 1. The molecule has 7 heteroatoms. The van der Waals surface area contributed by atoms with E-state index in [0.29, 0.717) is 12.1 Å². The number of carbonyl (C=O) groups is 2. The van der Waals surface area contributed by atoms with E-state index in [-0.39, 0.29) is 12.3 Å². The molecule has 7 nitrogen and oxygen atoms in total. The lowest BCUT2D eigenvalue weighted by Crippen LogP contribution is -2.72. The second-order valence-corrected chi connectivity index (χ2v) is 4.72. The molecule has 1 amide bonds. The van der Waals surface area contributed by atoms with Crippen LogP contribution in [0.25, 0.3) is 0 Å². The van der Waals surface area contributed by atoms with Gasteiger partial charge in [0.1, 0.15) is 6.04 Å². The molecule has 104 valence electrons. The normalized spacial score (nSPS) is 25.2. The summed E-state index contributed by atoms with van der Waals surface area (Å²) in [6.45, 7) is 0.434. The van der Waals surface area contributed by atoms with Gasteiger partial charge in [-0.05, 0) is 0 Å². The molecule has 2 unspecified atom stereocenters. The topological polar surface area (TPSA) is 99.6 Å². The molecule has 0 saturated carbocycles. The first-order chi connectivity index (χ1) is 9.59. The first-order valence-electron chi connectivity index (χ1n) is 6.17. The molecule has 2 atom stereocenters. The third kappa shape index (κ3) is 1.87. The average molecular weight is 275 g/mol. The third-order valence-corrected chi connectivity index (χ3v) is 3.43. The zero-order chi connectivity index (χ0) is 14.3. The maximum Gasteiger partial charge on any atom is 0.250 e. The summed E-state index contributed by atoms with van der Waals surface area (Å²) < 4.78 is 7.24. The number of carboxylic acids is 1. The summed E-state index contributed by atoms with van der Waals surface area (Å²) in [4.78, 5) is 24.1. The van der Waals surface area contributed by atoms with E-state index < -0.39 is 24.1 Å². The number of amides is 1. The van der Waals surface area contributed by atoms with Gasteiger partial charge in [-0.2, -0.15) is 0 Å². The van der Waals surface area contributed by atoms with E-state index >= 15 is 0 Å². The van der Waals surface area contributed by atoms with Crippen LogP contribution in [-0.2, 0) is 20.9 Å². The second kappa shape index (κ2) is 4.69. The van der Waals surface area contributed by atoms with Crippen LogP contribution in [0.4, 0.5) is 0 Å². The number of β-lactam (4-membered cyclic amide) rings is 1. The summed E-state index contributed by atoms with van der Waals surface area (Å²) in [7, 11) is 0. The molecule has 3 heterocycles. The minimum Gasteiger partial charge on any atom is -0.543 e. The van der Waals surface area contributed by atoms with Gasteiger partial charge in [0.25, 0.3) is 5.91 Å². The van der Waals surface area contributed by atoms with E-state index in [2.05, 4.69) is 0 Å². The van der Waals surface area contributed by atoms with E-state index in [0.717, 1.165) is 4.90 Å². The summed E-state index contributed by atoms with van der Waals surface area (Å²) in [5.74, 6) is -1.84. The first kappa shape index (κ1) is 12.8. The number of aromatic nitrogens is 1. The summed E-state index contributed by atoms with van der Waals surface area (Å²) >= 11 is 0. The van der Waals surface area contributed by atoms with Crippen LogP contribution in [0, 0.1) is 0 Å². The largest absolute Gasteiger partial charge is 0.543 e. The van der Waals surface area contributed by atoms with Crippen LogP contribution in [0.2, 0.25) is 0 Å².